The number of hydrogen-bond donors (Lipinski definition) is 0. The first kappa shape index (κ1) is 26.0. The van der Waals surface area contributed by atoms with E-state index in [4.69, 9.17) is 0 Å². The Morgan fingerprint density at radius 2 is 1.25 bits per heavy atom. The summed E-state index contributed by atoms with van der Waals surface area (Å²) in [5.74, 6) is 0.562. The second-order valence-corrected chi connectivity index (χ2v) is 11.1. The quantitative estimate of drug-likeness (QED) is 0.273. The zero-order chi connectivity index (χ0) is 26.1. The largest absolute Gasteiger partial charge is 0.294 e. The van der Waals surface area contributed by atoms with Crippen LogP contribution in [0.4, 0.5) is 0 Å². The molecule has 0 saturated carbocycles. The summed E-state index contributed by atoms with van der Waals surface area (Å²) >= 11 is 0. The number of ketones is 1. The van der Waals surface area contributed by atoms with Gasteiger partial charge in [0.25, 0.3) is 0 Å². The van der Waals surface area contributed by atoms with E-state index >= 15 is 0 Å². The van der Waals surface area contributed by atoms with E-state index in [1.807, 2.05) is 26.0 Å². The molecule has 0 fully saturated rings. The van der Waals surface area contributed by atoms with Crippen molar-refractivity contribution in [1.29, 1.82) is 0 Å². The van der Waals surface area contributed by atoms with Gasteiger partial charge in [0.2, 0.25) is 6.71 Å². The maximum Gasteiger partial charge on any atom is 0.242 e. The minimum Gasteiger partial charge on any atom is -0.294 e. The summed E-state index contributed by atoms with van der Waals surface area (Å²) in [7, 11) is 0. The molecule has 1 atom stereocenters. The predicted molar refractivity (Wildman–Crippen MR) is 157 cm³/mol. The number of aryl methyl sites for hydroxylation is 6. The maximum atomic E-state index is 12.3. The average molecular weight is 474 g/mol. The highest BCUT2D eigenvalue weighted by Crippen LogP contribution is 2.29. The van der Waals surface area contributed by atoms with Gasteiger partial charge in [0, 0.05) is 17.4 Å². The number of rotatable bonds is 6. The minimum atomic E-state index is 0.0234. The zero-order valence-corrected chi connectivity index (χ0v) is 23.2. The number of hydrogen-bond acceptors (Lipinski definition) is 1. The molecular weight excluding hydrogens is 435 g/mol. The molecule has 2 heteroatoms. The van der Waals surface area contributed by atoms with Gasteiger partial charge in [-0.2, -0.15) is 0 Å². The van der Waals surface area contributed by atoms with Crippen molar-refractivity contribution in [2.24, 2.45) is 5.92 Å². The van der Waals surface area contributed by atoms with Gasteiger partial charge in [0.15, 0.2) is 5.78 Å². The molecular formula is C34H39BO. The van der Waals surface area contributed by atoms with Crippen molar-refractivity contribution in [3.8, 4) is 0 Å². The smallest absolute Gasteiger partial charge is 0.242 e. The third-order valence-electron chi connectivity index (χ3n) is 7.66. The predicted octanol–water partition coefficient (Wildman–Crippen LogP) is 7.19. The molecule has 4 rings (SSSR count). The molecule has 0 amide bonds. The van der Waals surface area contributed by atoms with Gasteiger partial charge in [-0.15, -0.1) is 0 Å². The summed E-state index contributed by atoms with van der Waals surface area (Å²) in [6.45, 7) is 17.5. The first-order valence-electron chi connectivity index (χ1n) is 13.2. The summed E-state index contributed by atoms with van der Waals surface area (Å²) in [5, 5.41) is 0. The topological polar surface area (TPSA) is 17.1 Å². The highest BCUT2D eigenvalue weighted by molar-refractivity contribution is 6.92. The van der Waals surface area contributed by atoms with Gasteiger partial charge in [-0.05, 0) is 53.5 Å². The fraction of sp³-hybridized carbons (Fsp3) is 0.324. The highest BCUT2D eigenvalue weighted by Gasteiger charge is 2.30. The third-order valence-corrected chi connectivity index (χ3v) is 7.66. The fourth-order valence-corrected chi connectivity index (χ4v) is 6.10. The summed E-state index contributed by atoms with van der Waals surface area (Å²) in [6.07, 6.45) is 8.12. The van der Waals surface area contributed by atoms with Crippen molar-refractivity contribution in [2.45, 2.75) is 67.7 Å². The molecule has 0 bridgehead atoms. The molecule has 1 nitrogen and oxygen atoms in total. The molecule has 3 aromatic rings. The molecule has 0 aromatic heterocycles. The van der Waals surface area contributed by atoms with Gasteiger partial charge in [-0.25, -0.2) is 0 Å². The molecule has 0 saturated heterocycles. The number of carbonyl (C=O) groups excluding carboxylic acids is 1. The van der Waals surface area contributed by atoms with Crippen LogP contribution in [0.5, 0.6) is 0 Å². The highest BCUT2D eigenvalue weighted by atomic mass is 16.1. The Hall–Kier alpha value is -3.13. The Morgan fingerprint density at radius 1 is 0.778 bits per heavy atom. The molecule has 0 N–H and O–H groups in total. The van der Waals surface area contributed by atoms with Crippen LogP contribution in [0, 0.1) is 47.5 Å². The van der Waals surface area contributed by atoms with E-state index in [2.05, 4.69) is 96.2 Å². The van der Waals surface area contributed by atoms with Crippen molar-refractivity contribution in [2.75, 3.05) is 0 Å². The van der Waals surface area contributed by atoms with Crippen LogP contribution in [0.1, 0.15) is 75.5 Å². The first-order chi connectivity index (χ1) is 17.1. The lowest BCUT2D eigenvalue weighted by atomic mass is 9.33. The van der Waals surface area contributed by atoms with Crippen molar-refractivity contribution in [3.05, 3.63) is 117 Å². The second-order valence-electron chi connectivity index (χ2n) is 11.1. The molecule has 36 heavy (non-hydrogen) atoms. The van der Waals surface area contributed by atoms with Crippen LogP contribution >= 0.6 is 0 Å². The Balaban J connectivity index is 1.73. The fourth-order valence-electron chi connectivity index (χ4n) is 6.10. The Kier molecular flexibility index (Phi) is 7.55. The summed E-state index contributed by atoms with van der Waals surface area (Å²) in [6, 6.07) is 17.5. The molecule has 3 aromatic carbocycles. The van der Waals surface area contributed by atoms with E-state index in [1.54, 1.807) is 0 Å². The lowest BCUT2D eigenvalue weighted by Crippen LogP contribution is -2.49. The van der Waals surface area contributed by atoms with Gasteiger partial charge >= 0.3 is 0 Å². The first-order valence-corrected chi connectivity index (χ1v) is 13.2. The molecule has 0 aliphatic heterocycles. The van der Waals surface area contributed by atoms with Crippen LogP contribution < -0.4 is 10.9 Å². The second kappa shape index (κ2) is 10.5. The number of carbonyl (C=O) groups is 1. The SMILES string of the molecule is Cc1cc(C)c(B(C2=CCC(c3ccc(C(=O)C(C)C)cc3)C=C2)c2c(C)cc(C)cc2C)c(C)c1. The van der Waals surface area contributed by atoms with E-state index in [0.717, 1.165) is 12.0 Å². The summed E-state index contributed by atoms with van der Waals surface area (Å²) < 4.78 is 0. The lowest BCUT2D eigenvalue weighted by Gasteiger charge is -2.27. The average Bonchev–Trinajstić information content (AvgIpc) is 2.81. The minimum absolute atomic E-state index is 0.0234. The Morgan fingerprint density at radius 3 is 1.64 bits per heavy atom. The van der Waals surface area contributed by atoms with Crippen LogP contribution in [-0.4, -0.2) is 12.5 Å². The lowest BCUT2D eigenvalue weighted by molar-refractivity contribution is 0.0939. The molecule has 1 aliphatic carbocycles. The standard InChI is InChI=1S/C34H39BO/c1-21(2)34(36)30-11-9-28(10-12-30)29-13-15-31(16-14-29)35(32-24(5)17-22(3)18-25(32)6)33-26(7)19-23(4)20-27(33)8/h9-13,15-21,29H,14H2,1-8H3. The van der Waals surface area contributed by atoms with Crippen molar-refractivity contribution in [1.82, 2.24) is 0 Å². The van der Waals surface area contributed by atoms with Crippen LogP contribution in [0.2, 0.25) is 0 Å². The van der Waals surface area contributed by atoms with Crippen molar-refractivity contribution < 1.29 is 4.79 Å². The van der Waals surface area contributed by atoms with Crippen LogP contribution in [0.15, 0.2) is 72.2 Å². The Labute approximate surface area is 218 Å². The van der Waals surface area contributed by atoms with Crippen LogP contribution in [0.25, 0.3) is 0 Å². The van der Waals surface area contributed by atoms with Crippen LogP contribution in [0.3, 0.4) is 0 Å². The zero-order valence-electron chi connectivity index (χ0n) is 23.2. The number of Topliss-reactive ketones (excluding diaryl/α,β-unsaturated/α-hetero) is 1. The van der Waals surface area contributed by atoms with E-state index < -0.39 is 0 Å². The van der Waals surface area contributed by atoms with Crippen molar-refractivity contribution >= 4 is 23.4 Å². The summed E-state index contributed by atoms with van der Waals surface area (Å²) in [5.41, 5.74) is 14.4. The molecule has 0 radical (unpaired) electrons. The molecule has 1 unspecified atom stereocenters. The molecule has 184 valence electrons. The molecule has 0 spiro atoms. The third kappa shape index (κ3) is 5.19. The normalized spacial score (nSPS) is 15.2. The summed E-state index contributed by atoms with van der Waals surface area (Å²) in [4.78, 5) is 12.3. The molecule has 1 aliphatic rings. The number of benzene rings is 3. The van der Waals surface area contributed by atoms with E-state index in [9.17, 15) is 4.79 Å². The monoisotopic (exact) mass is 474 g/mol. The van der Waals surface area contributed by atoms with Gasteiger partial charge in [-0.1, -0.05) is 130 Å². The van der Waals surface area contributed by atoms with Gasteiger partial charge in [-0.3, -0.25) is 4.79 Å². The van der Waals surface area contributed by atoms with Crippen molar-refractivity contribution in [3.63, 3.8) is 0 Å². The van der Waals surface area contributed by atoms with Crippen LogP contribution in [-0.2, 0) is 0 Å². The van der Waals surface area contributed by atoms with Gasteiger partial charge in [0.05, 0.1) is 0 Å². The van der Waals surface area contributed by atoms with E-state index in [0.29, 0.717) is 5.92 Å². The molecule has 0 heterocycles. The maximum absolute atomic E-state index is 12.3. The van der Waals surface area contributed by atoms with Gasteiger partial charge < -0.3 is 0 Å². The van der Waals surface area contributed by atoms with Gasteiger partial charge in [0.1, 0.15) is 0 Å². The Bertz CT molecular complexity index is 1250. The van der Waals surface area contributed by atoms with E-state index in [-0.39, 0.29) is 18.4 Å². The van der Waals surface area contributed by atoms with E-state index in [1.165, 1.54) is 55.3 Å². The number of allylic oxidation sites excluding steroid dienone is 4.